The summed E-state index contributed by atoms with van der Waals surface area (Å²) in [5.74, 6) is 0.464. The molecule has 0 spiro atoms. The van der Waals surface area contributed by atoms with Crippen LogP contribution in [0.2, 0.25) is 0 Å². The highest BCUT2D eigenvalue weighted by Crippen LogP contribution is 2.39. The Bertz CT molecular complexity index is 650. The maximum absolute atomic E-state index is 13.5. The summed E-state index contributed by atoms with van der Waals surface area (Å²) in [5, 5.41) is 0. The lowest BCUT2D eigenvalue weighted by Gasteiger charge is -2.14. The van der Waals surface area contributed by atoms with Gasteiger partial charge in [-0.3, -0.25) is 4.79 Å². The average Bonchev–Trinajstić information content (AvgIpc) is 2.45. The first-order valence-corrected chi connectivity index (χ1v) is 6.10. The van der Waals surface area contributed by atoms with Crippen molar-refractivity contribution in [3.63, 3.8) is 0 Å². The predicted octanol–water partition coefficient (Wildman–Crippen LogP) is 3.71. The fourth-order valence-electron chi connectivity index (χ4n) is 2.15. The predicted molar refractivity (Wildman–Crippen MR) is 74.9 cm³/mol. The molecule has 0 aromatic heterocycles. The van der Waals surface area contributed by atoms with E-state index in [0.717, 1.165) is 0 Å². The number of para-hydroxylation sites is 1. The molecule has 104 valence electrons. The third-order valence-electron chi connectivity index (χ3n) is 3.05. The quantitative estimate of drug-likeness (QED) is 0.797. The number of ether oxygens (including phenoxy) is 2. The summed E-state index contributed by atoms with van der Waals surface area (Å²) in [6.07, 6.45) is 0. The van der Waals surface area contributed by atoms with E-state index in [-0.39, 0.29) is 5.78 Å². The monoisotopic (exact) mass is 274 g/mol. The van der Waals surface area contributed by atoms with Crippen molar-refractivity contribution in [2.75, 3.05) is 14.2 Å². The maximum atomic E-state index is 13.5. The van der Waals surface area contributed by atoms with Crippen molar-refractivity contribution < 1.29 is 18.7 Å². The number of ketones is 1. The summed E-state index contributed by atoms with van der Waals surface area (Å²) < 4.78 is 24.1. The van der Waals surface area contributed by atoms with Gasteiger partial charge in [-0.2, -0.15) is 0 Å². The number of benzene rings is 2. The van der Waals surface area contributed by atoms with Gasteiger partial charge in [0.2, 0.25) is 0 Å². The highest BCUT2D eigenvalue weighted by Gasteiger charge is 2.17. The van der Waals surface area contributed by atoms with Gasteiger partial charge in [-0.05, 0) is 36.8 Å². The fraction of sp³-hybridized carbons (Fsp3) is 0.188. The van der Waals surface area contributed by atoms with Crippen LogP contribution in [0.3, 0.4) is 0 Å². The molecule has 3 nitrogen and oxygen atoms in total. The standard InChI is InChI=1S/C16H15FO3/c1-10(18)12-8-7-11(17)9-14(12)13-5-4-6-15(19-2)16(13)20-3/h4-9H,1-3H3. The van der Waals surface area contributed by atoms with E-state index in [9.17, 15) is 9.18 Å². The number of halogens is 1. The van der Waals surface area contributed by atoms with Crippen molar-refractivity contribution in [1.82, 2.24) is 0 Å². The molecule has 0 aliphatic heterocycles. The zero-order valence-corrected chi connectivity index (χ0v) is 11.6. The lowest BCUT2D eigenvalue weighted by Crippen LogP contribution is -1.99. The summed E-state index contributed by atoms with van der Waals surface area (Å²) in [4.78, 5) is 11.7. The van der Waals surface area contributed by atoms with Crippen LogP contribution >= 0.6 is 0 Å². The number of Topliss-reactive ketones (excluding diaryl/α,β-unsaturated/α-hetero) is 1. The summed E-state index contributed by atoms with van der Waals surface area (Å²) in [6, 6.07) is 9.36. The van der Waals surface area contributed by atoms with Crippen LogP contribution < -0.4 is 9.47 Å². The molecule has 0 fully saturated rings. The van der Waals surface area contributed by atoms with Gasteiger partial charge in [-0.1, -0.05) is 12.1 Å². The topological polar surface area (TPSA) is 35.5 Å². The van der Waals surface area contributed by atoms with E-state index in [1.807, 2.05) is 0 Å². The third kappa shape index (κ3) is 2.50. The van der Waals surface area contributed by atoms with Crippen LogP contribution in [0.25, 0.3) is 11.1 Å². The van der Waals surface area contributed by atoms with Crippen molar-refractivity contribution in [3.05, 3.63) is 47.8 Å². The molecule has 0 amide bonds. The van der Waals surface area contributed by atoms with Crippen molar-refractivity contribution in [1.29, 1.82) is 0 Å². The molecule has 2 rings (SSSR count). The maximum Gasteiger partial charge on any atom is 0.168 e. The van der Waals surface area contributed by atoms with E-state index in [2.05, 4.69) is 0 Å². The molecule has 2 aromatic rings. The molecule has 0 saturated carbocycles. The SMILES string of the molecule is COc1cccc(-c2cc(F)ccc2C(C)=O)c1OC. The Morgan fingerprint density at radius 3 is 2.40 bits per heavy atom. The minimum Gasteiger partial charge on any atom is -0.493 e. The van der Waals surface area contributed by atoms with Crippen LogP contribution in [0, 0.1) is 5.82 Å². The van der Waals surface area contributed by atoms with Crippen molar-refractivity contribution in [2.24, 2.45) is 0 Å². The van der Waals surface area contributed by atoms with Gasteiger partial charge in [0.15, 0.2) is 17.3 Å². The Labute approximate surface area is 117 Å². The lowest BCUT2D eigenvalue weighted by atomic mass is 9.96. The number of rotatable bonds is 4. The number of carbonyl (C=O) groups excluding carboxylic acids is 1. The van der Waals surface area contributed by atoms with Crippen LogP contribution in [-0.4, -0.2) is 20.0 Å². The molecule has 20 heavy (non-hydrogen) atoms. The van der Waals surface area contributed by atoms with Crippen LogP contribution in [0.5, 0.6) is 11.5 Å². The highest BCUT2D eigenvalue weighted by molar-refractivity contribution is 6.01. The van der Waals surface area contributed by atoms with Crippen LogP contribution in [-0.2, 0) is 0 Å². The molecule has 0 radical (unpaired) electrons. The number of carbonyl (C=O) groups is 1. The van der Waals surface area contributed by atoms with Gasteiger partial charge in [0.05, 0.1) is 14.2 Å². The summed E-state index contributed by atoms with van der Waals surface area (Å²) in [5.41, 5.74) is 1.56. The molecule has 0 atom stereocenters. The Balaban J connectivity index is 2.74. The second-order valence-corrected chi connectivity index (χ2v) is 4.29. The van der Waals surface area contributed by atoms with Crippen LogP contribution in [0.4, 0.5) is 4.39 Å². The molecule has 4 heteroatoms. The number of hydrogen-bond acceptors (Lipinski definition) is 3. The Morgan fingerprint density at radius 2 is 1.80 bits per heavy atom. The first-order valence-electron chi connectivity index (χ1n) is 6.10. The molecule has 0 unspecified atom stereocenters. The summed E-state index contributed by atoms with van der Waals surface area (Å²) in [6.45, 7) is 1.45. The van der Waals surface area contributed by atoms with E-state index in [1.54, 1.807) is 18.2 Å². The van der Waals surface area contributed by atoms with E-state index < -0.39 is 5.82 Å². The normalized spacial score (nSPS) is 10.2. The molecular formula is C16H15FO3. The Kier molecular flexibility index (Phi) is 4.03. The molecule has 0 heterocycles. The van der Waals surface area contributed by atoms with Crippen LogP contribution in [0.1, 0.15) is 17.3 Å². The minimum atomic E-state index is -0.408. The highest BCUT2D eigenvalue weighted by atomic mass is 19.1. The minimum absolute atomic E-state index is 0.134. The van der Waals surface area contributed by atoms with Crippen LogP contribution in [0.15, 0.2) is 36.4 Å². The van der Waals surface area contributed by atoms with E-state index in [1.165, 1.54) is 39.3 Å². The lowest BCUT2D eigenvalue weighted by molar-refractivity contribution is 0.101. The molecule has 0 bridgehead atoms. The summed E-state index contributed by atoms with van der Waals surface area (Å²) >= 11 is 0. The second kappa shape index (κ2) is 5.74. The number of hydrogen-bond donors (Lipinski definition) is 0. The van der Waals surface area contributed by atoms with Gasteiger partial charge in [-0.25, -0.2) is 4.39 Å². The van der Waals surface area contributed by atoms with E-state index >= 15 is 0 Å². The largest absolute Gasteiger partial charge is 0.493 e. The number of methoxy groups -OCH3 is 2. The van der Waals surface area contributed by atoms with Gasteiger partial charge in [0, 0.05) is 11.1 Å². The molecule has 0 saturated heterocycles. The van der Waals surface area contributed by atoms with E-state index in [4.69, 9.17) is 9.47 Å². The molecule has 2 aromatic carbocycles. The van der Waals surface area contributed by atoms with Crippen molar-refractivity contribution >= 4 is 5.78 Å². The first kappa shape index (κ1) is 14.1. The average molecular weight is 274 g/mol. The van der Waals surface area contributed by atoms with Gasteiger partial charge >= 0.3 is 0 Å². The summed E-state index contributed by atoms with van der Waals surface area (Å²) in [7, 11) is 3.03. The zero-order chi connectivity index (χ0) is 14.7. The Hall–Kier alpha value is -2.36. The Morgan fingerprint density at radius 1 is 1.05 bits per heavy atom. The van der Waals surface area contributed by atoms with Crippen molar-refractivity contribution in [3.8, 4) is 22.6 Å². The molecule has 0 aliphatic carbocycles. The third-order valence-corrected chi connectivity index (χ3v) is 3.05. The molecule has 0 aliphatic rings. The first-order chi connectivity index (χ1) is 9.58. The van der Waals surface area contributed by atoms with Crippen molar-refractivity contribution in [2.45, 2.75) is 6.92 Å². The zero-order valence-electron chi connectivity index (χ0n) is 11.6. The van der Waals surface area contributed by atoms with Gasteiger partial charge in [0.25, 0.3) is 0 Å². The second-order valence-electron chi connectivity index (χ2n) is 4.29. The van der Waals surface area contributed by atoms with E-state index in [0.29, 0.717) is 28.2 Å². The van der Waals surface area contributed by atoms with Gasteiger partial charge in [0.1, 0.15) is 5.82 Å². The fourth-order valence-corrected chi connectivity index (χ4v) is 2.15. The smallest absolute Gasteiger partial charge is 0.168 e. The molecular weight excluding hydrogens is 259 g/mol. The van der Waals surface area contributed by atoms with Gasteiger partial charge in [-0.15, -0.1) is 0 Å². The molecule has 0 N–H and O–H groups in total. The van der Waals surface area contributed by atoms with Gasteiger partial charge < -0.3 is 9.47 Å².